The number of carboxylic acid groups (broad SMARTS) is 1. The van der Waals surface area contributed by atoms with Crippen LogP contribution in [0.1, 0.15) is 19.8 Å². The number of carboxylic acids is 1. The van der Waals surface area contributed by atoms with Crippen molar-refractivity contribution < 1.29 is 29.0 Å². The van der Waals surface area contributed by atoms with Crippen molar-refractivity contribution in [1.29, 1.82) is 0 Å². The number of esters is 2. The first kappa shape index (κ1) is 14.1. The molecule has 7 atom stereocenters. The number of alkyl halides is 1. The second-order valence-corrected chi connectivity index (χ2v) is 7.14. The minimum Gasteiger partial charge on any atom is -0.481 e. The molecule has 2 saturated carbocycles. The summed E-state index contributed by atoms with van der Waals surface area (Å²) in [4.78, 5) is 35.1. The molecule has 0 spiro atoms. The highest BCUT2D eigenvalue weighted by molar-refractivity contribution is 14.1. The monoisotopic (exact) mass is 394 g/mol. The molecule has 3 rings (SSSR count). The van der Waals surface area contributed by atoms with Gasteiger partial charge >= 0.3 is 17.9 Å². The van der Waals surface area contributed by atoms with Crippen molar-refractivity contribution in [3.05, 3.63) is 0 Å². The summed E-state index contributed by atoms with van der Waals surface area (Å²) in [6, 6.07) is 0. The van der Waals surface area contributed by atoms with Crippen LogP contribution in [0, 0.1) is 23.7 Å². The summed E-state index contributed by atoms with van der Waals surface area (Å²) < 4.78 is 10.5. The number of carbonyl (C=O) groups excluding carboxylic acids is 2. The van der Waals surface area contributed by atoms with E-state index in [0.29, 0.717) is 12.8 Å². The van der Waals surface area contributed by atoms with Crippen LogP contribution in [-0.2, 0) is 23.9 Å². The third-order valence-corrected chi connectivity index (χ3v) is 6.09. The normalized spacial score (nSPS) is 42.4. The molecule has 6 nitrogen and oxygen atoms in total. The maximum atomic E-state index is 11.9. The standard InChI is InChI=1S/C13H15IO6/c1-2-6(14)12(17)19-9-4-3-5-8(7(4)11(15)16)13(18)20-10(5)9/h4-10H,2-3H2,1H3,(H,15,16). The van der Waals surface area contributed by atoms with E-state index in [9.17, 15) is 19.5 Å². The van der Waals surface area contributed by atoms with E-state index in [0.717, 1.165) is 0 Å². The Labute approximate surface area is 129 Å². The summed E-state index contributed by atoms with van der Waals surface area (Å²) >= 11 is 2.00. The number of ether oxygens (including phenoxy) is 2. The van der Waals surface area contributed by atoms with Crippen LogP contribution in [0.25, 0.3) is 0 Å². The van der Waals surface area contributed by atoms with E-state index >= 15 is 0 Å². The Morgan fingerprint density at radius 2 is 2.20 bits per heavy atom. The van der Waals surface area contributed by atoms with E-state index in [1.54, 1.807) is 0 Å². The van der Waals surface area contributed by atoms with Gasteiger partial charge in [0.1, 0.15) is 16.1 Å². The van der Waals surface area contributed by atoms with Crippen LogP contribution in [-0.4, -0.2) is 39.1 Å². The maximum absolute atomic E-state index is 11.9. The smallest absolute Gasteiger partial charge is 0.319 e. The third-order valence-electron chi connectivity index (χ3n) is 4.70. The molecular formula is C13H15IO6. The van der Waals surface area contributed by atoms with Crippen LogP contribution in [0.4, 0.5) is 0 Å². The van der Waals surface area contributed by atoms with Crippen LogP contribution >= 0.6 is 22.6 Å². The largest absolute Gasteiger partial charge is 0.481 e. The van der Waals surface area contributed by atoms with Gasteiger partial charge in [0, 0.05) is 11.8 Å². The SMILES string of the molecule is CCC(I)C(=O)OC1C2CC3C1OC(=O)C3C2C(=O)O. The molecule has 20 heavy (non-hydrogen) atoms. The van der Waals surface area contributed by atoms with Crippen molar-refractivity contribution in [3.8, 4) is 0 Å². The lowest BCUT2D eigenvalue weighted by atomic mass is 9.78. The first-order valence-corrected chi connectivity index (χ1v) is 7.98. The summed E-state index contributed by atoms with van der Waals surface area (Å²) in [5, 5.41) is 9.33. The molecule has 0 aromatic heterocycles. The Balaban J connectivity index is 1.82. The van der Waals surface area contributed by atoms with E-state index in [1.807, 2.05) is 29.5 Å². The lowest BCUT2D eigenvalue weighted by Crippen LogP contribution is -2.44. The number of hydrogen-bond donors (Lipinski definition) is 1. The molecule has 1 saturated heterocycles. The molecule has 0 aromatic carbocycles. The van der Waals surface area contributed by atoms with Crippen molar-refractivity contribution >= 4 is 40.5 Å². The number of aliphatic carboxylic acids is 1. The average Bonchev–Trinajstić information content (AvgIpc) is 3.00. The van der Waals surface area contributed by atoms with E-state index in [4.69, 9.17) is 9.47 Å². The zero-order valence-electron chi connectivity index (χ0n) is 10.8. The first-order chi connectivity index (χ1) is 9.45. The Morgan fingerprint density at radius 3 is 2.80 bits per heavy atom. The minimum absolute atomic E-state index is 0.110. The zero-order chi connectivity index (χ0) is 14.6. The predicted octanol–water partition coefficient (Wildman–Crippen LogP) is 1.00. The van der Waals surface area contributed by atoms with Crippen LogP contribution < -0.4 is 0 Å². The number of rotatable bonds is 4. The van der Waals surface area contributed by atoms with Gasteiger partial charge in [-0.2, -0.15) is 0 Å². The molecule has 2 aliphatic carbocycles. The van der Waals surface area contributed by atoms with Gasteiger partial charge in [-0.1, -0.05) is 29.5 Å². The summed E-state index contributed by atoms with van der Waals surface area (Å²) in [5.74, 6) is -3.55. The van der Waals surface area contributed by atoms with Crippen molar-refractivity contribution in [2.45, 2.75) is 35.9 Å². The highest BCUT2D eigenvalue weighted by Gasteiger charge is 2.69. The molecule has 1 heterocycles. The highest BCUT2D eigenvalue weighted by Crippen LogP contribution is 2.58. The quantitative estimate of drug-likeness (QED) is 0.435. The molecule has 0 aromatic rings. The molecule has 7 heteroatoms. The van der Waals surface area contributed by atoms with Crippen LogP contribution in [0.2, 0.25) is 0 Å². The van der Waals surface area contributed by atoms with E-state index in [1.165, 1.54) is 0 Å². The van der Waals surface area contributed by atoms with Crippen molar-refractivity contribution in [3.63, 3.8) is 0 Å². The summed E-state index contributed by atoms with van der Waals surface area (Å²) in [5.41, 5.74) is 0. The first-order valence-electron chi connectivity index (χ1n) is 6.73. The van der Waals surface area contributed by atoms with Gasteiger partial charge in [-0.15, -0.1) is 0 Å². The van der Waals surface area contributed by atoms with Gasteiger partial charge in [0.05, 0.1) is 11.8 Å². The minimum atomic E-state index is -0.998. The fourth-order valence-corrected chi connectivity index (χ4v) is 4.01. The topological polar surface area (TPSA) is 89.9 Å². The Morgan fingerprint density at radius 1 is 1.50 bits per heavy atom. The van der Waals surface area contributed by atoms with Crippen molar-refractivity contribution in [1.82, 2.24) is 0 Å². The molecule has 3 aliphatic rings. The van der Waals surface area contributed by atoms with Crippen molar-refractivity contribution in [2.24, 2.45) is 23.7 Å². The summed E-state index contributed by atoms with van der Waals surface area (Å²) in [7, 11) is 0. The fraction of sp³-hybridized carbons (Fsp3) is 0.769. The Hall–Kier alpha value is -0.860. The molecule has 110 valence electrons. The summed E-state index contributed by atoms with van der Waals surface area (Å²) in [6.45, 7) is 1.88. The average molecular weight is 394 g/mol. The van der Waals surface area contributed by atoms with Crippen LogP contribution in [0.5, 0.6) is 0 Å². The Bertz CT molecular complexity index is 477. The van der Waals surface area contributed by atoms with Crippen LogP contribution in [0.3, 0.4) is 0 Å². The van der Waals surface area contributed by atoms with Gasteiger partial charge in [0.2, 0.25) is 0 Å². The van der Waals surface area contributed by atoms with Gasteiger partial charge in [0.25, 0.3) is 0 Å². The maximum Gasteiger partial charge on any atom is 0.319 e. The van der Waals surface area contributed by atoms with Gasteiger partial charge < -0.3 is 14.6 Å². The lowest BCUT2D eigenvalue weighted by molar-refractivity contribution is -0.163. The molecule has 0 radical (unpaired) electrons. The van der Waals surface area contributed by atoms with Gasteiger partial charge in [0.15, 0.2) is 0 Å². The second-order valence-electron chi connectivity index (χ2n) is 5.63. The van der Waals surface area contributed by atoms with Crippen molar-refractivity contribution in [2.75, 3.05) is 0 Å². The number of hydrogen-bond acceptors (Lipinski definition) is 5. The number of fused-ring (bicyclic) bond motifs is 1. The number of halogens is 1. The predicted molar refractivity (Wildman–Crippen MR) is 74.1 cm³/mol. The van der Waals surface area contributed by atoms with E-state index in [2.05, 4.69) is 0 Å². The molecule has 1 aliphatic heterocycles. The van der Waals surface area contributed by atoms with Gasteiger partial charge in [-0.05, 0) is 12.8 Å². The highest BCUT2D eigenvalue weighted by atomic mass is 127. The molecular weight excluding hydrogens is 379 g/mol. The zero-order valence-corrected chi connectivity index (χ0v) is 13.0. The molecule has 1 N–H and O–H groups in total. The molecule has 2 bridgehead atoms. The van der Waals surface area contributed by atoms with Gasteiger partial charge in [-0.25, -0.2) is 0 Å². The van der Waals surface area contributed by atoms with Gasteiger partial charge in [-0.3, -0.25) is 14.4 Å². The van der Waals surface area contributed by atoms with Crippen LogP contribution in [0.15, 0.2) is 0 Å². The lowest BCUT2D eigenvalue weighted by Gasteiger charge is -2.29. The molecule has 0 amide bonds. The third kappa shape index (κ3) is 1.85. The fourth-order valence-electron chi connectivity index (χ4n) is 3.86. The van der Waals surface area contributed by atoms with E-state index < -0.39 is 36.0 Å². The molecule has 3 fully saturated rings. The Kier molecular flexibility index (Phi) is 3.42. The second kappa shape index (κ2) is 4.85. The molecule has 7 unspecified atom stereocenters. The van der Waals surface area contributed by atoms with E-state index in [-0.39, 0.29) is 21.7 Å². The summed E-state index contributed by atoms with van der Waals surface area (Å²) in [6.07, 6.45) is 0.196. The number of carbonyl (C=O) groups is 3.